The zero-order chi connectivity index (χ0) is 13.4. The van der Waals surface area contributed by atoms with E-state index in [0.717, 1.165) is 6.07 Å². The molecule has 1 aromatic rings. The Labute approximate surface area is 97.2 Å². The fourth-order valence-corrected chi connectivity index (χ4v) is 1.28. The molecule has 17 heavy (non-hydrogen) atoms. The molecule has 2 N–H and O–H groups in total. The van der Waals surface area contributed by atoms with Crippen molar-refractivity contribution >= 4 is 11.6 Å². The fourth-order valence-electron chi connectivity index (χ4n) is 1.13. The zero-order valence-corrected chi connectivity index (χ0v) is 8.79. The van der Waals surface area contributed by atoms with Crippen molar-refractivity contribution in [2.24, 2.45) is 5.73 Å². The van der Waals surface area contributed by atoms with Gasteiger partial charge in [-0.15, -0.1) is 0 Å². The summed E-state index contributed by atoms with van der Waals surface area (Å²) in [5.41, 5.74) is 3.81. The number of benzene rings is 1. The van der Waals surface area contributed by atoms with Gasteiger partial charge in [0.1, 0.15) is 11.9 Å². The molecule has 96 valence electrons. The molecule has 0 aliphatic carbocycles. The van der Waals surface area contributed by atoms with Crippen LogP contribution in [0.4, 0.5) is 26.3 Å². The Bertz CT molecular complexity index is 416. The molecule has 0 amide bonds. The average molecular weight is 278 g/mol. The van der Waals surface area contributed by atoms with Crippen molar-refractivity contribution in [2.75, 3.05) is 0 Å². The average Bonchev–Trinajstić information content (AvgIpc) is 2.14. The summed E-state index contributed by atoms with van der Waals surface area (Å²) in [4.78, 5) is 0. The Morgan fingerprint density at radius 2 is 1.65 bits per heavy atom. The van der Waals surface area contributed by atoms with E-state index in [1.54, 1.807) is 0 Å². The summed E-state index contributed by atoms with van der Waals surface area (Å²) in [5.74, 6) is -6.53. The van der Waals surface area contributed by atoms with Gasteiger partial charge in [-0.25, -0.2) is 4.39 Å². The fraction of sp³-hybridized carbons (Fsp3) is 0.333. The second kappa shape index (κ2) is 4.38. The van der Waals surface area contributed by atoms with Gasteiger partial charge in [-0.3, -0.25) is 0 Å². The Hall–Kier alpha value is -0.950. The molecule has 0 radical (unpaired) electrons. The Morgan fingerprint density at radius 3 is 2.06 bits per heavy atom. The molecular weight excluding hydrogens is 272 g/mol. The third-order valence-electron chi connectivity index (χ3n) is 2.07. The third kappa shape index (κ3) is 2.66. The molecule has 0 unspecified atom stereocenters. The van der Waals surface area contributed by atoms with Crippen molar-refractivity contribution in [3.63, 3.8) is 0 Å². The minimum absolute atomic E-state index is 0.131. The minimum atomic E-state index is -5.85. The molecular formula is C9H6ClF6N. The van der Waals surface area contributed by atoms with E-state index in [0.29, 0.717) is 12.1 Å². The summed E-state index contributed by atoms with van der Waals surface area (Å²) in [7, 11) is 0. The molecule has 0 bridgehead atoms. The van der Waals surface area contributed by atoms with Crippen LogP contribution in [0.3, 0.4) is 0 Å². The van der Waals surface area contributed by atoms with Gasteiger partial charge in [0.05, 0.1) is 0 Å². The third-order valence-corrected chi connectivity index (χ3v) is 2.30. The lowest BCUT2D eigenvalue weighted by Gasteiger charge is -2.26. The van der Waals surface area contributed by atoms with Crippen LogP contribution >= 0.6 is 11.6 Å². The van der Waals surface area contributed by atoms with Crippen LogP contribution in [-0.4, -0.2) is 12.1 Å². The van der Waals surface area contributed by atoms with Gasteiger partial charge in [0.15, 0.2) is 0 Å². The Morgan fingerprint density at radius 1 is 1.12 bits per heavy atom. The van der Waals surface area contributed by atoms with Crippen LogP contribution in [0.5, 0.6) is 0 Å². The summed E-state index contributed by atoms with van der Waals surface area (Å²) in [5, 5.41) is -0.131. The van der Waals surface area contributed by atoms with Gasteiger partial charge in [-0.1, -0.05) is 17.7 Å². The summed E-state index contributed by atoms with van der Waals surface area (Å²) >= 11 is 5.34. The zero-order valence-electron chi connectivity index (χ0n) is 8.03. The Kier molecular flexibility index (Phi) is 3.63. The topological polar surface area (TPSA) is 26.0 Å². The van der Waals surface area contributed by atoms with E-state index >= 15 is 0 Å². The van der Waals surface area contributed by atoms with Crippen LogP contribution in [0.2, 0.25) is 5.02 Å². The van der Waals surface area contributed by atoms with Gasteiger partial charge in [0.25, 0.3) is 0 Å². The van der Waals surface area contributed by atoms with Crippen LogP contribution in [0.25, 0.3) is 0 Å². The van der Waals surface area contributed by atoms with E-state index < -0.39 is 29.5 Å². The van der Waals surface area contributed by atoms with Crippen LogP contribution < -0.4 is 5.73 Å². The summed E-state index contributed by atoms with van der Waals surface area (Å²) < 4.78 is 74.8. The lowest BCUT2D eigenvalue weighted by atomic mass is 10.0. The van der Waals surface area contributed by atoms with Crippen molar-refractivity contribution in [3.8, 4) is 0 Å². The molecule has 1 atom stereocenters. The summed E-state index contributed by atoms with van der Waals surface area (Å²) in [6.45, 7) is 0. The van der Waals surface area contributed by atoms with Gasteiger partial charge in [-0.2, -0.15) is 22.0 Å². The van der Waals surface area contributed by atoms with Crippen molar-refractivity contribution < 1.29 is 26.3 Å². The highest BCUT2D eigenvalue weighted by Gasteiger charge is 2.62. The van der Waals surface area contributed by atoms with E-state index in [9.17, 15) is 26.3 Å². The lowest BCUT2D eigenvalue weighted by molar-refractivity contribution is -0.291. The maximum atomic E-state index is 13.2. The van der Waals surface area contributed by atoms with E-state index in [1.165, 1.54) is 0 Å². The number of alkyl halides is 5. The molecule has 1 nitrogen and oxygen atoms in total. The first-order valence-electron chi connectivity index (χ1n) is 4.22. The van der Waals surface area contributed by atoms with Crippen molar-refractivity contribution in [2.45, 2.75) is 18.1 Å². The second-order valence-electron chi connectivity index (χ2n) is 3.26. The van der Waals surface area contributed by atoms with Gasteiger partial charge in [-0.05, 0) is 12.1 Å². The predicted octanol–water partition coefficient (Wildman–Crippen LogP) is 3.68. The van der Waals surface area contributed by atoms with Gasteiger partial charge < -0.3 is 5.73 Å². The largest absolute Gasteiger partial charge is 0.455 e. The van der Waals surface area contributed by atoms with E-state index in [-0.39, 0.29) is 5.02 Å². The van der Waals surface area contributed by atoms with E-state index in [1.807, 2.05) is 0 Å². The normalized spacial score (nSPS) is 14.8. The molecule has 0 heterocycles. The maximum Gasteiger partial charge on any atom is 0.455 e. The highest BCUT2D eigenvalue weighted by Crippen LogP contribution is 2.43. The molecule has 1 rings (SSSR count). The number of rotatable bonds is 2. The second-order valence-corrected chi connectivity index (χ2v) is 3.70. The number of hydrogen-bond acceptors (Lipinski definition) is 1. The number of nitrogens with two attached hydrogens (primary N) is 1. The highest BCUT2D eigenvalue weighted by molar-refractivity contribution is 6.30. The molecule has 1 aromatic carbocycles. The first-order chi connectivity index (χ1) is 7.57. The van der Waals surface area contributed by atoms with Gasteiger partial charge in [0, 0.05) is 10.6 Å². The maximum absolute atomic E-state index is 13.2. The van der Waals surface area contributed by atoms with Crippen molar-refractivity contribution in [1.29, 1.82) is 0 Å². The van der Waals surface area contributed by atoms with E-state index in [4.69, 9.17) is 17.3 Å². The quantitative estimate of drug-likeness (QED) is 0.820. The SMILES string of the molecule is N[C@@H](c1ccc(Cl)cc1F)C(F)(F)C(F)(F)F. The number of hydrogen-bond donors (Lipinski definition) is 1. The Balaban J connectivity index is 3.17. The molecule has 0 aliphatic rings. The highest BCUT2D eigenvalue weighted by atomic mass is 35.5. The number of halogens is 7. The van der Waals surface area contributed by atoms with Crippen molar-refractivity contribution in [3.05, 3.63) is 34.6 Å². The van der Waals surface area contributed by atoms with Crippen LogP contribution in [0.15, 0.2) is 18.2 Å². The van der Waals surface area contributed by atoms with Crippen LogP contribution in [0.1, 0.15) is 11.6 Å². The standard InChI is InChI=1S/C9H6ClF6N/c10-4-1-2-5(6(11)3-4)7(17)8(12,13)9(14,15)16/h1-3,7H,17H2/t7-/m0/s1. The van der Waals surface area contributed by atoms with Crippen molar-refractivity contribution in [1.82, 2.24) is 0 Å². The minimum Gasteiger partial charge on any atom is -0.319 e. The first-order valence-corrected chi connectivity index (χ1v) is 4.60. The molecule has 0 saturated carbocycles. The van der Waals surface area contributed by atoms with Crippen LogP contribution in [0, 0.1) is 5.82 Å². The molecule has 0 fully saturated rings. The smallest absolute Gasteiger partial charge is 0.319 e. The van der Waals surface area contributed by atoms with Gasteiger partial charge >= 0.3 is 12.1 Å². The first kappa shape index (κ1) is 14.1. The molecule has 0 saturated heterocycles. The molecule has 0 spiro atoms. The molecule has 0 aromatic heterocycles. The van der Waals surface area contributed by atoms with E-state index in [2.05, 4.69) is 0 Å². The van der Waals surface area contributed by atoms with Crippen LogP contribution in [-0.2, 0) is 0 Å². The predicted molar refractivity (Wildman–Crippen MR) is 49.3 cm³/mol. The van der Waals surface area contributed by atoms with Gasteiger partial charge in [0.2, 0.25) is 0 Å². The summed E-state index contributed by atoms with van der Waals surface area (Å²) in [6.07, 6.45) is -5.85. The molecule has 8 heteroatoms. The monoisotopic (exact) mass is 277 g/mol. The summed E-state index contributed by atoms with van der Waals surface area (Å²) in [6, 6.07) is -0.531. The lowest BCUT2D eigenvalue weighted by Crippen LogP contribution is -2.46. The molecule has 0 aliphatic heterocycles.